The summed E-state index contributed by atoms with van der Waals surface area (Å²) in [5.41, 5.74) is 0. The van der Waals surface area contributed by atoms with Gasteiger partial charge in [-0.3, -0.25) is 28.9 Å². The number of carbonyl (C=O) groups excluding carboxylic acids is 4. The van der Waals surface area contributed by atoms with Gasteiger partial charge >= 0.3 is 11.9 Å². The second kappa shape index (κ2) is 24.8. The minimum Gasteiger partial charge on any atom is -0.512 e. The van der Waals surface area contributed by atoms with E-state index in [9.17, 15) is 39.0 Å². The molecule has 0 saturated carbocycles. The van der Waals surface area contributed by atoms with Crippen molar-refractivity contribution in [1.29, 1.82) is 0 Å². The third-order valence-electron chi connectivity index (χ3n) is 9.36. The number of aliphatic hydroxyl groups is 1. The number of Topliss-reactive ketones (excluding diaryl/α,β-unsaturated/α-hetero) is 1. The molecule has 1 aliphatic heterocycles. The summed E-state index contributed by atoms with van der Waals surface area (Å²) in [4.78, 5) is 73.1. The average Bonchev–Trinajstić information content (AvgIpc) is 3.30. The van der Waals surface area contributed by atoms with E-state index in [4.69, 9.17) is 5.11 Å². The Hall–Kier alpha value is -3.24. The number of nitrogens with zero attached hydrogens (tertiary/aromatic N) is 1. The van der Waals surface area contributed by atoms with Crippen LogP contribution < -0.4 is 5.32 Å². The van der Waals surface area contributed by atoms with Crippen LogP contribution in [0.25, 0.3) is 0 Å². The average molecular weight is 679 g/mol. The largest absolute Gasteiger partial charge is 0.512 e. The number of amides is 3. The first-order valence-corrected chi connectivity index (χ1v) is 18.3. The Labute approximate surface area is 287 Å². The van der Waals surface area contributed by atoms with Crippen LogP contribution in [0.4, 0.5) is 0 Å². The van der Waals surface area contributed by atoms with Crippen molar-refractivity contribution in [3.63, 3.8) is 0 Å². The molecule has 3 unspecified atom stereocenters. The van der Waals surface area contributed by atoms with Crippen LogP contribution in [0.1, 0.15) is 155 Å². The van der Waals surface area contributed by atoms with E-state index < -0.39 is 23.9 Å². The summed E-state index contributed by atoms with van der Waals surface area (Å²) >= 11 is 0. The monoisotopic (exact) mass is 678 g/mol. The zero-order valence-corrected chi connectivity index (χ0v) is 29.5. The maximum atomic E-state index is 12.4. The fourth-order valence-electron chi connectivity index (χ4n) is 6.20. The SMILES string of the molecule is C=C(O)C(CCCCCCCCCCCCCCCC(=O)NC(CCC(=O)CCCCCN1C(=O)CC(C(C)C)C1=O)C(=O)O)C(=O)O. The van der Waals surface area contributed by atoms with E-state index in [0.717, 1.165) is 51.4 Å². The maximum absolute atomic E-state index is 12.4. The lowest BCUT2D eigenvalue weighted by atomic mass is 9.94. The molecule has 1 heterocycles. The number of ketones is 1. The van der Waals surface area contributed by atoms with Crippen molar-refractivity contribution in [3.8, 4) is 0 Å². The first-order valence-electron chi connectivity index (χ1n) is 18.3. The Kier molecular flexibility index (Phi) is 22.1. The molecule has 4 N–H and O–H groups in total. The van der Waals surface area contributed by atoms with Crippen molar-refractivity contribution in [3.05, 3.63) is 12.3 Å². The van der Waals surface area contributed by atoms with Gasteiger partial charge in [-0.1, -0.05) is 104 Å². The summed E-state index contributed by atoms with van der Waals surface area (Å²) in [6.07, 6.45) is 16.9. The molecule has 0 radical (unpaired) electrons. The van der Waals surface area contributed by atoms with E-state index in [1.165, 1.54) is 30.6 Å². The molecule has 1 rings (SSSR count). The van der Waals surface area contributed by atoms with Gasteiger partial charge in [-0.15, -0.1) is 0 Å². The first-order chi connectivity index (χ1) is 22.8. The number of carboxylic acids is 2. The summed E-state index contributed by atoms with van der Waals surface area (Å²) in [6.45, 7) is 7.59. The maximum Gasteiger partial charge on any atom is 0.326 e. The van der Waals surface area contributed by atoms with Crippen molar-refractivity contribution in [2.45, 2.75) is 161 Å². The zero-order chi connectivity index (χ0) is 35.9. The van der Waals surface area contributed by atoms with E-state index in [2.05, 4.69) is 11.9 Å². The van der Waals surface area contributed by atoms with Crippen molar-refractivity contribution in [1.82, 2.24) is 10.2 Å². The Morgan fingerprint density at radius 1 is 0.708 bits per heavy atom. The number of nitrogens with one attached hydrogen (secondary N) is 1. The quantitative estimate of drug-likeness (QED) is 0.0350. The lowest BCUT2D eigenvalue weighted by Crippen LogP contribution is -2.41. The fraction of sp³-hybridized carbons (Fsp3) is 0.784. The zero-order valence-electron chi connectivity index (χ0n) is 29.5. The molecular formula is C37H62N2O9. The van der Waals surface area contributed by atoms with Crippen molar-refractivity contribution >= 4 is 35.4 Å². The van der Waals surface area contributed by atoms with Crippen molar-refractivity contribution in [2.24, 2.45) is 17.8 Å². The molecule has 11 heteroatoms. The smallest absolute Gasteiger partial charge is 0.326 e. The number of aliphatic carboxylic acids is 2. The topological polar surface area (TPSA) is 178 Å². The van der Waals surface area contributed by atoms with Crippen LogP contribution in [0.2, 0.25) is 0 Å². The number of imide groups is 1. The third-order valence-corrected chi connectivity index (χ3v) is 9.36. The molecule has 1 fully saturated rings. The summed E-state index contributed by atoms with van der Waals surface area (Å²) < 4.78 is 0. The van der Waals surface area contributed by atoms with E-state index in [1.807, 2.05) is 13.8 Å². The Bertz CT molecular complexity index is 1030. The van der Waals surface area contributed by atoms with Gasteiger partial charge in [0.05, 0.1) is 5.76 Å². The van der Waals surface area contributed by atoms with Crippen LogP contribution in [0.15, 0.2) is 12.3 Å². The van der Waals surface area contributed by atoms with E-state index >= 15 is 0 Å². The second-order valence-electron chi connectivity index (χ2n) is 13.8. The highest BCUT2D eigenvalue weighted by Gasteiger charge is 2.39. The molecule has 0 aromatic rings. The number of aliphatic hydroxyl groups excluding tert-OH is 1. The van der Waals surface area contributed by atoms with Gasteiger partial charge in [0.1, 0.15) is 17.7 Å². The van der Waals surface area contributed by atoms with Crippen molar-refractivity contribution in [2.75, 3.05) is 6.54 Å². The number of carbonyl (C=O) groups is 6. The predicted octanol–water partition coefficient (Wildman–Crippen LogP) is 7.12. The van der Waals surface area contributed by atoms with Crippen LogP contribution in [0, 0.1) is 17.8 Å². The minimum absolute atomic E-state index is 0.0570. The standard InChI is InChI=1S/C37H62N2O9/c1-27(2)31-26-34(43)39(35(31)44)25-19-15-16-20-29(41)23-24-32(37(47)48)38-33(42)22-18-14-12-10-8-6-4-5-7-9-11-13-17-21-30(28(3)40)36(45)46/h27,30-32,40H,3-26H2,1-2H3,(H,38,42)(H,45,46)(H,47,48). The molecule has 3 amide bonds. The van der Waals surface area contributed by atoms with Gasteiger partial charge in [-0.25, -0.2) is 4.79 Å². The molecule has 0 spiro atoms. The van der Waals surface area contributed by atoms with E-state index in [1.54, 1.807) is 0 Å². The number of hydrogen-bond acceptors (Lipinski definition) is 7. The highest BCUT2D eigenvalue weighted by molar-refractivity contribution is 6.03. The van der Waals surface area contributed by atoms with Gasteiger partial charge in [0.25, 0.3) is 0 Å². The van der Waals surface area contributed by atoms with Gasteiger partial charge in [-0.05, 0) is 38.0 Å². The number of unbranched alkanes of at least 4 members (excludes halogenated alkanes) is 14. The molecule has 3 atom stereocenters. The molecule has 11 nitrogen and oxygen atoms in total. The second-order valence-corrected chi connectivity index (χ2v) is 13.8. The lowest BCUT2D eigenvalue weighted by molar-refractivity contribution is -0.142. The third kappa shape index (κ3) is 18.3. The Balaban J connectivity index is 2.03. The Morgan fingerprint density at radius 2 is 1.21 bits per heavy atom. The summed E-state index contributed by atoms with van der Waals surface area (Å²) in [7, 11) is 0. The first kappa shape index (κ1) is 42.8. The molecule has 48 heavy (non-hydrogen) atoms. The van der Waals surface area contributed by atoms with Gasteiger partial charge in [-0.2, -0.15) is 0 Å². The lowest BCUT2D eigenvalue weighted by Gasteiger charge is -2.16. The summed E-state index contributed by atoms with van der Waals surface area (Å²) in [5, 5.41) is 30.4. The molecule has 1 aliphatic rings. The minimum atomic E-state index is -1.14. The predicted molar refractivity (Wildman–Crippen MR) is 184 cm³/mol. The highest BCUT2D eigenvalue weighted by Crippen LogP contribution is 2.26. The van der Waals surface area contributed by atoms with Gasteiger partial charge in [0.2, 0.25) is 17.7 Å². The van der Waals surface area contributed by atoms with E-state index in [0.29, 0.717) is 45.1 Å². The summed E-state index contributed by atoms with van der Waals surface area (Å²) in [5.74, 6) is -3.99. The van der Waals surface area contributed by atoms with Crippen molar-refractivity contribution < 1.29 is 44.1 Å². The Morgan fingerprint density at radius 3 is 1.69 bits per heavy atom. The summed E-state index contributed by atoms with van der Waals surface area (Å²) in [6, 6.07) is -1.08. The fourth-order valence-corrected chi connectivity index (χ4v) is 6.20. The number of hydrogen-bond donors (Lipinski definition) is 4. The van der Waals surface area contributed by atoms with Crippen LogP contribution in [0.3, 0.4) is 0 Å². The van der Waals surface area contributed by atoms with Crippen LogP contribution >= 0.6 is 0 Å². The molecular weight excluding hydrogens is 616 g/mol. The molecule has 0 aromatic carbocycles. The van der Waals surface area contributed by atoms with E-state index in [-0.39, 0.29) is 66.8 Å². The molecule has 0 aromatic heterocycles. The molecule has 1 saturated heterocycles. The van der Waals surface area contributed by atoms with Gasteiger partial charge in [0.15, 0.2) is 0 Å². The van der Waals surface area contributed by atoms with Crippen LogP contribution in [0.5, 0.6) is 0 Å². The van der Waals surface area contributed by atoms with Crippen LogP contribution in [-0.2, 0) is 28.8 Å². The normalized spacial score (nSPS) is 15.9. The molecule has 274 valence electrons. The van der Waals surface area contributed by atoms with Crippen LogP contribution in [-0.4, -0.2) is 68.2 Å². The van der Waals surface area contributed by atoms with Gasteiger partial charge in [0, 0.05) is 38.1 Å². The number of rotatable bonds is 30. The van der Waals surface area contributed by atoms with Gasteiger partial charge < -0.3 is 20.6 Å². The molecule has 0 bridgehead atoms. The molecule has 0 aliphatic carbocycles. The number of likely N-dealkylation sites (tertiary alicyclic amines) is 1. The number of carboxylic acid groups (broad SMARTS) is 2. The highest BCUT2D eigenvalue weighted by atomic mass is 16.4.